The van der Waals surface area contributed by atoms with Crippen LogP contribution >= 0.6 is 0 Å². The van der Waals surface area contributed by atoms with E-state index < -0.39 is 0 Å². The standard InChI is InChI=1S/C15H17N3O2/c1-16-15(19)14(12-7-3-2-4-8-12)18-20-11-13-9-5-6-10-17-13/h2-10,13,17H,11H2,1H3,(H,16,19). The van der Waals surface area contributed by atoms with E-state index in [2.05, 4.69) is 15.8 Å². The second-order valence-electron chi connectivity index (χ2n) is 4.20. The van der Waals surface area contributed by atoms with Gasteiger partial charge in [0.2, 0.25) is 0 Å². The average molecular weight is 271 g/mol. The Hall–Kier alpha value is -2.56. The monoisotopic (exact) mass is 271 g/mol. The molecule has 0 bridgehead atoms. The minimum atomic E-state index is -0.275. The van der Waals surface area contributed by atoms with Gasteiger partial charge in [-0.15, -0.1) is 0 Å². The van der Waals surface area contributed by atoms with Crippen molar-refractivity contribution in [2.75, 3.05) is 13.7 Å². The smallest absolute Gasteiger partial charge is 0.273 e. The van der Waals surface area contributed by atoms with E-state index in [1.807, 2.05) is 54.8 Å². The number of likely N-dealkylation sites (N-methyl/N-ethyl adjacent to an activating group) is 1. The summed E-state index contributed by atoms with van der Waals surface area (Å²) in [6.07, 6.45) is 7.65. The minimum absolute atomic E-state index is 0.0606. The second kappa shape index (κ2) is 7.13. The Balaban J connectivity index is 2.03. The van der Waals surface area contributed by atoms with Crippen LogP contribution in [-0.4, -0.2) is 31.3 Å². The van der Waals surface area contributed by atoms with Gasteiger partial charge in [-0.1, -0.05) is 47.6 Å². The lowest BCUT2D eigenvalue weighted by Crippen LogP contribution is -2.30. The van der Waals surface area contributed by atoms with Crippen LogP contribution in [-0.2, 0) is 9.63 Å². The molecule has 104 valence electrons. The number of carbonyl (C=O) groups excluding carboxylic acids is 1. The minimum Gasteiger partial charge on any atom is -0.393 e. The molecule has 5 nitrogen and oxygen atoms in total. The van der Waals surface area contributed by atoms with Gasteiger partial charge in [0.25, 0.3) is 5.91 Å². The van der Waals surface area contributed by atoms with Gasteiger partial charge in [0, 0.05) is 12.6 Å². The summed E-state index contributed by atoms with van der Waals surface area (Å²) in [5.74, 6) is -0.275. The molecule has 0 saturated carbocycles. The highest BCUT2D eigenvalue weighted by Crippen LogP contribution is 2.03. The van der Waals surface area contributed by atoms with Crippen molar-refractivity contribution in [2.24, 2.45) is 5.16 Å². The van der Waals surface area contributed by atoms with E-state index in [0.717, 1.165) is 5.56 Å². The Bertz CT molecular complexity index is 535. The fourth-order valence-electron chi connectivity index (χ4n) is 1.71. The first-order chi connectivity index (χ1) is 9.81. The maximum atomic E-state index is 11.8. The van der Waals surface area contributed by atoms with Gasteiger partial charge in [0.1, 0.15) is 6.61 Å². The molecule has 5 heteroatoms. The zero-order valence-corrected chi connectivity index (χ0v) is 11.2. The Morgan fingerprint density at radius 1 is 1.35 bits per heavy atom. The molecular weight excluding hydrogens is 254 g/mol. The van der Waals surface area contributed by atoms with E-state index in [1.165, 1.54) is 0 Å². The van der Waals surface area contributed by atoms with Gasteiger partial charge >= 0.3 is 0 Å². The SMILES string of the molecule is CNC(=O)C(=NOCC1C=CC=CN1)c1ccccc1. The zero-order chi connectivity index (χ0) is 14.2. The number of hydrogen-bond donors (Lipinski definition) is 2. The number of benzene rings is 1. The van der Waals surface area contributed by atoms with Crippen LogP contribution in [0.1, 0.15) is 5.56 Å². The van der Waals surface area contributed by atoms with E-state index in [4.69, 9.17) is 4.84 Å². The maximum Gasteiger partial charge on any atom is 0.273 e. The van der Waals surface area contributed by atoms with Crippen molar-refractivity contribution in [2.45, 2.75) is 6.04 Å². The predicted molar refractivity (Wildman–Crippen MR) is 78.2 cm³/mol. The van der Waals surface area contributed by atoms with Gasteiger partial charge < -0.3 is 15.5 Å². The lowest BCUT2D eigenvalue weighted by molar-refractivity contribution is -0.114. The van der Waals surface area contributed by atoms with Crippen LogP contribution in [0.15, 0.2) is 59.9 Å². The van der Waals surface area contributed by atoms with Crippen molar-refractivity contribution in [3.8, 4) is 0 Å². The first kappa shape index (κ1) is 13.9. The van der Waals surface area contributed by atoms with Gasteiger partial charge in [-0.05, 0) is 12.3 Å². The summed E-state index contributed by atoms with van der Waals surface area (Å²) in [4.78, 5) is 17.1. The summed E-state index contributed by atoms with van der Waals surface area (Å²) >= 11 is 0. The van der Waals surface area contributed by atoms with Gasteiger partial charge in [-0.25, -0.2) is 0 Å². The van der Waals surface area contributed by atoms with Crippen molar-refractivity contribution in [1.82, 2.24) is 10.6 Å². The number of nitrogens with zero attached hydrogens (tertiary/aromatic N) is 1. The van der Waals surface area contributed by atoms with Crippen molar-refractivity contribution in [1.29, 1.82) is 0 Å². The number of carbonyl (C=O) groups is 1. The summed E-state index contributed by atoms with van der Waals surface area (Å²) in [6.45, 7) is 0.355. The number of rotatable bonds is 5. The van der Waals surface area contributed by atoms with Gasteiger partial charge in [0.05, 0.1) is 6.04 Å². The van der Waals surface area contributed by atoms with Crippen molar-refractivity contribution in [3.63, 3.8) is 0 Å². The van der Waals surface area contributed by atoms with Crippen molar-refractivity contribution >= 4 is 11.6 Å². The van der Waals surface area contributed by atoms with Crippen LogP contribution < -0.4 is 10.6 Å². The molecule has 0 radical (unpaired) electrons. The highest BCUT2D eigenvalue weighted by molar-refractivity contribution is 6.45. The molecule has 2 N–H and O–H groups in total. The topological polar surface area (TPSA) is 62.7 Å². The molecule has 0 saturated heterocycles. The molecule has 20 heavy (non-hydrogen) atoms. The Kier molecular flexibility index (Phi) is 4.94. The molecule has 0 aromatic heterocycles. The third-order valence-electron chi connectivity index (χ3n) is 2.76. The highest BCUT2D eigenvalue weighted by atomic mass is 16.6. The largest absolute Gasteiger partial charge is 0.393 e. The summed E-state index contributed by atoms with van der Waals surface area (Å²) in [5.41, 5.74) is 0.988. The number of allylic oxidation sites excluding steroid dienone is 2. The Morgan fingerprint density at radius 3 is 2.80 bits per heavy atom. The van der Waals surface area contributed by atoms with E-state index in [0.29, 0.717) is 6.61 Å². The fraction of sp³-hybridized carbons (Fsp3) is 0.200. The number of amides is 1. The van der Waals surface area contributed by atoms with Crippen LogP contribution in [0.3, 0.4) is 0 Å². The van der Waals surface area contributed by atoms with Crippen molar-refractivity contribution in [3.05, 3.63) is 60.3 Å². The first-order valence-electron chi connectivity index (χ1n) is 6.38. The van der Waals surface area contributed by atoms with E-state index in [1.54, 1.807) is 7.05 Å². The maximum absolute atomic E-state index is 11.8. The summed E-state index contributed by atoms with van der Waals surface area (Å²) in [6, 6.07) is 9.28. The average Bonchev–Trinajstić information content (AvgIpc) is 2.53. The third kappa shape index (κ3) is 3.71. The van der Waals surface area contributed by atoms with Gasteiger partial charge in [0.15, 0.2) is 5.71 Å². The van der Waals surface area contributed by atoms with Crippen molar-refractivity contribution < 1.29 is 9.63 Å². The van der Waals surface area contributed by atoms with E-state index >= 15 is 0 Å². The molecule has 1 amide bonds. The summed E-state index contributed by atoms with van der Waals surface area (Å²) in [5, 5.41) is 9.64. The molecule has 0 aliphatic carbocycles. The molecule has 0 fully saturated rings. The Labute approximate surface area is 118 Å². The molecule has 1 atom stereocenters. The van der Waals surface area contributed by atoms with Crippen LogP contribution in [0.4, 0.5) is 0 Å². The van der Waals surface area contributed by atoms with Crippen LogP contribution in [0.25, 0.3) is 0 Å². The fourth-order valence-corrected chi connectivity index (χ4v) is 1.71. The quantitative estimate of drug-likeness (QED) is 0.625. The molecule has 1 heterocycles. The number of hydrogen-bond acceptors (Lipinski definition) is 4. The van der Waals surface area contributed by atoms with E-state index in [9.17, 15) is 4.79 Å². The molecule has 1 aromatic carbocycles. The zero-order valence-electron chi connectivity index (χ0n) is 11.2. The molecule has 1 unspecified atom stereocenters. The molecule has 1 aliphatic heterocycles. The number of oxime groups is 1. The predicted octanol–water partition coefficient (Wildman–Crippen LogP) is 1.19. The molecule has 1 aliphatic rings. The van der Waals surface area contributed by atoms with Crippen LogP contribution in [0, 0.1) is 0 Å². The van der Waals surface area contributed by atoms with Crippen LogP contribution in [0.2, 0.25) is 0 Å². The number of dihydropyridines is 1. The van der Waals surface area contributed by atoms with E-state index in [-0.39, 0.29) is 17.7 Å². The lowest BCUT2D eigenvalue weighted by Gasteiger charge is -2.14. The first-order valence-corrected chi connectivity index (χ1v) is 6.38. The normalized spacial score (nSPS) is 17.4. The molecule has 2 rings (SSSR count). The Morgan fingerprint density at radius 2 is 2.15 bits per heavy atom. The molecular formula is C15H17N3O2. The number of nitrogens with one attached hydrogen (secondary N) is 2. The van der Waals surface area contributed by atoms with Crippen LogP contribution in [0.5, 0.6) is 0 Å². The van der Waals surface area contributed by atoms with Gasteiger partial charge in [-0.3, -0.25) is 4.79 Å². The second-order valence-corrected chi connectivity index (χ2v) is 4.20. The molecule has 0 spiro atoms. The molecule has 1 aromatic rings. The third-order valence-corrected chi connectivity index (χ3v) is 2.76. The lowest BCUT2D eigenvalue weighted by atomic mass is 10.1. The summed E-state index contributed by atoms with van der Waals surface area (Å²) < 4.78 is 0. The van der Waals surface area contributed by atoms with Gasteiger partial charge in [-0.2, -0.15) is 0 Å². The summed E-state index contributed by atoms with van der Waals surface area (Å²) in [7, 11) is 1.57. The highest BCUT2D eigenvalue weighted by Gasteiger charge is 2.13.